The Hall–Kier alpha value is -0.820. The summed E-state index contributed by atoms with van der Waals surface area (Å²) >= 11 is 5.86. The quantitative estimate of drug-likeness (QED) is 0.882. The molecule has 106 valence electrons. The van der Waals surface area contributed by atoms with Crippen molar-refractivity contribution in [3.8, 4) is 5.75 Å². The van der Waals surface area contributed by atoms with Gasteiger partial charge in [0.25, 0.3) is 0 Å². The fourth-order valence-corrected chi connectivity index (χ4v) is 3.80. The van der Waals surface area contributed by atoms with Crippen LogP contribution in [-0.4, -0.2) is 34.7 Å². The number of hydrogen-bond donors (Lipinski definition) is 2. The summed E-state index contributed by atoms with van der Waals surface area (Å²) in [4.78, 5) is 0.0769. The number of hydrogen-bond acceptors (Lipinski definition) is 4. The predicted molar refractivity (Wildman–Crippen MR) is 74.2 cm³/mol. The highest BCUT2D eigenvalue weighted by Crippen LogP contribution is 2.27. The molecular weight excluding hydrogens is 288 g/mol. The molecule has 7 heteroatoms. The standard InChI is InChI=1S/C12H17ClN2O3S/c1-18-11-5-4-9(13)7-12(11)19(16,17)15-10-3-2-6-14-8-10/h4-5,7,10,14-15H,2-3,6,8H2,1H3. The van der Waals surface area contributed by atoms with Gasteiger partial charge in [0, 0.05) is 17.6 Å². The summed E-state index contributed by atoms with van der Waals surface area (Å²) in [5, 5.41) is 3.53. The van der Waals surface area contributed by atoms with Gasteiger partial charge in [-0.2, -0.15) is 0 Å². The van der Waals surface area contributed by atoms with Crippen molar-refractivity contribution in [3.05, 3.63) is 23.2 Å². The van der Waals surface area contributed by atoms with E-state index in [9.17, 15) is 8.42 Å². The lowest BCUT2D eigenvalue weighted by Crippen LogP contribution is -2.45. The number of methoxy groups -OCH3 is 1. The second kappa shape index (κ2) is 6.09. The van der Waals surface area contributed by atoms with E-state index in [1.54, 1.807) is 12.1 Å². The van der Waals surface area contributed by atoms with E-state index in [4.69, 9.17) is 16.3 Å². The highest BCUT2D eigenvalue weighted by molar-refractivity contribution is 7.89. The zero-order valence-electron chi connectivity index (χ0n) is 10.6. The molecule has 1 fully saturated rings. The summed E-state index contributed by atoms with van der Waals surface area (Å²) in [6.07, 6.45) is 1.79. The Morgan fingerprint density at radius 3 is 2.89 bits per heavy atom. The van der Waals surface area contributed by atoms with Gasteiger partial charge in [-0.1, -0.05) is 11.6 Å². The van der Waals surface area contributed by atoms with Crippen molar-refractivity contribution in [2.75, 3.05) is 20.2 Å². The van der Waals surface area contributed by atoms with Crippen molar-refractivity contribution in [3.63, 3.8) is 0 Å². The summed E-state index contributed by atoms with van der Waals surface area (Å²) in [5.41, 5.74) is 0. The SMILES string of the molecule is COc1ccc(Cl)cc1S(=O)(=O)NC1CCCNC1. The van der Waals surface area contributed by atoms with Crippen molar-refractivity contribution >= 4 is 21.6 Å². The van der Waals surface area contributed by atoms with Crippen molar-refractivity contribution in [1.29, 1.82) is 0 Å². The van der Waals surface area contributed by atoms with Crippen LogP contribution in [0.5, 0.6) is 5.75 Å². The molecule has 1 heterocycles. The summed E-state index contributed by atoms with van der Waals surface area (Å²) in [6, 6.07) is 4.46. The van der Waals surface area contributed by atoms with Crippen LogP contribution in [0, 0.1) is 0 Å². The smallest absolute Gasteiger partial charge is 0.244 e. The van der Waals surface area contributed by atoms with Crippen LogP contribution in [0.3, 0.4) is 0 Å². The first-order valence-corrected chi connectivity index (χ1v) is 7.95. The van der Waals surface area contributed by atoms with Crippen LogP contribution in [0.1, 0.15) is 12.8 Å². The van der Waals surface area contributed by atoms with Crippen LogP contribution in [-0.2, 0) is 10.0 Å². The minimum absolute atomic E-state index is 0.0769. The maximum atomic E-state index is 12.4. The molecule has 1 aromatic carbocycles. The zero-order chi connectivity index (χ0) is 13.9. The molecule has 1 atom stereocenters. The highest BCUT2D eigenvalue weighted by Gasteiger charge is 2.24. The van der Waals surface area contributed by atoms with E-state index in [0.29, 0.717) is 17.3 Å². The van der Waals surface area contributed by atoms with E-state index in [0.717, 1.165) is 19.4 Å². The summed E-state index contributed by atoms with van der Waals surface area (Å²) < 4.78 is 32.5. The molecular formula is C12H17ClN2O3S. The second-order valence-corrected chi connectivity index (χ2v) is 6.58. The van der Waals surface area contributed by atoms with Gasteiger partial charge in [0.2, 0.25) is 10.0 Å². The lowest BCUT2D eigenvalue weighted by atomic mass is 10.1. The number of sulfonamides is 1. The van der Waals surface area contributed by atoms with Gasteiger partial charge in [0.15, 0.2) is 0 Å². The Balaban J connectivity index is 2.25. The Morgan fingerprint density at radius 2 is 2.26 bits per heavy atom. The van der Waals surface area contributed by atoms with Gasteiger partial charge in [0.1, 0.15) is 10.6 Å². The van der Waals surface area contributed by atoms with Crippen LogP contribution >= 0.6 is 11.6 Å². The molecule has 2 rings (SSSR count). The van der Waals surface area contributed by atoms with Crippen LogP contribution in [0.15, 0.2) is 23.1 Å². The van der Waals surface area contributed by atoms with E-state index in [1.807, 2.05) is 0 Å². The topological polar surface area (TPSA) is 67.4 Å². The molecule has 1 saturated heterocycles. The van der Waals surface area contributed by atoms with E-state index >= 15 is 0 Å². The minimum Gasteiger partial charge on any atom is -0.495 e. The van der Waals surface area contributed by atoms with Crippen molar-refractivity contribution in [2.24, 2.45) is 0 Å². The van der Waals surface area contributed by atoms with Crippen LogP contribution in [0.2, 0.25) is 5.02 Å². The molecule has 0 saturated carbocycles. The minimum atomic E-state index is -3.62. The van der Waals surface area contributed by atoms with Gasteiger partial charge in [-0.05, 0) is 37.6 Å². The Kier molecular flexibility index (Phi) is 4.67. The number of piperidine rings is 1. The van der Waals surface area contributed by atoms with Crippen molar-refractivity contribution < 1.29 is 13.2 Å². The number of ether oxygens (including phenoxy) is 1. The van der Waals surface area contributed by atoms with Gasteiger partial charge in [-0.15, -0.1) is 0 Å². The normalized spacial score (nSPS) is 20.2. The maximum absolute atomic E-state index is 12.4. The molecule has 2 N–H and O–H groups in total. The molecule has 5 nitrogen and oxygen atoms in total. The number of nitrogens with one attached hydrogen (secondary N) is 2. The van der Waals surface area contributed by atoms with Crippen molar-refractivity contribution in [2.45, 2.75) is 23.8 Å². The third kappa shape index (κ3) is 3.60. The van der Waals surface area contributed by atoms with Crippen molar-refractivity contribution in [1.82, 2.24) is 10.0 Å². The first kappa shape index (κ1) is 14.6. The molecule has 1 aromatic rings. The molecule has 1 unspecified atom stereocenters. The highest BCUT2D eigenvalue weighted by atomic mass is 35.5. The Bertz CT molecular complexity index is 542. The lowest BCUT2D eigenvalue weighted by molar-refractivity contribution is 0.399. The Labute approximate surface area is 118 Å². The van der Waals surface area contributed by atoms with Gasteiger partial charge >= 0.3 is 0 Å². The summed E-state index contributed by atoms with van der Waals surface area (Å²) in [6.45, 7) is 1.57. The number of rotatable bonds is 4. The van der Waals surface area contributed by atoms with Crippen LogP contribution < -0.4 is 14.8 Å². The molecule has 0 aromatic heterocycles. The fraction of sp³-hybridized carbons (Fsp3) is 0.500. The molecule has 1 aliphatic rings. The summed E-state index contributed by atoms with van der Waals surface area (Å²) in [7, 11) is -2.19. The fourth-order valence-electron chi connectivity index (χ4n) is 2.10. The van der Waals surface area contributed by atoms with Crippen LogP contribution in [0.4, 0.5) is 0 Å². The molecule has 0 spiro atoms. The Morgan fingerprint density at radius 1 is 1.47 bits per heavy atom. The van der Waals surface area contributed by atoms with Gasteiger partial charge in [-0.3, -0.25) is 0 Å². The number of benzene rings is 1. The first-order valence-electron chi connectivity index (χ1n) is 6.09. The van der Waals surface area contributed by atoms with Gasteiger partial charge < -0.3 is 10.1 Å². The molecule has 0 radical (unpaired) electrons. The second-order valence-electron chi connectivity index (χ2n) is 4.46. The van der Waals surface area contributed by atoms with Gasteiger partial charge in [0.05, 0.1) is 7.11 Å². The molecule has 0 aliphatic carbocycles. The van der Waals surface area contributed by atoms with E-state index in [2.05, 4.69) is 10.0 Å². The maximum Gasteiger partial charge on any atom is 0.244 e. The molecule has 0 amide bonds. The largest absolute Gasteiger partial charge is 0.495 e. The average Bonchev–Trinajstić information content (AvgIpc) is 2.39. The predicted octanol–water partition coefficient (Wildman–Crippen LogP) is 1.38. The molecule has 0 bridgehead atoms. The third-order valence-electron chi connectivity index (χ3n) is 3.03. The lowest BCUT2D eigenvalue weighted by Gasteiger charge is -2.24. The van der Waals surface area contributed by atoms with Crippen LogP contribution in [0.25, 0.3) is 0 Å². The summed E-state index contributed by atoms with van der Waals surface area (Å²) in [5.74, 6) is 0.292. The average molecular weight is 305 g/mol. The first-order chi connectivity index (χ1) is 9.03. The van der Waals surface area contributed by atoms with E-state index < -0.39 is 10.0 Å². The van der Waals surface area contributed by atoms with E-state index in [1.165, 1.54) is 13.2 Å². The molecule has 1 aliphatic heterocycles. The number of halogens is 1. The third-order valence-corrected chi connectivity index (χ3v) is 4.81. The van der Waals surface area contributed by atoms with Gasteiger partial charge in [-0.25, -0.2) is 13.1 Å². The zero-order valence-corrected chi connectivity index (χ0v) is 12.2. The monoisotopic (exact) mass is 304 g/mol. The van der Waals surface area contributed by atoms with E-state index in [-0.39, 0.29) is 10.9 Å². The molecule has 19 heavy (non-hydrogen) atoms.